The summed E-state index contributed by atoms with van der Waals surface area (Å²) in [6, 6.07) is 7.91. The Hall–Kier alpha value is -4.24. The molecule has 1 aliphatic rings. The molecule has 0 radical (unpaired) electrons. The Morgan fingerprint density at radius 3 is 2.40 bits per heavy atom. The van der Waals surface area contributed by atoms with Crippen LogP contribution in [-0.4, -0.2) is 34.4 Å². The molecule has 0 bridgehead atoms. The van der Waals surface area contributed by atoms with E-state index in [1.54, 1.807) is 6.08 Å². The number of rotatable bonds is 8. The fraction of sp³-hybridized carbons (Fsp3) is 0.385. The molecule has 3 rings (SSSR count). The molecule has 1 heterocycles. The molecule has 1 N–H and O–H groups in total. The van der Waals surface area contributed by atoms with Crippen LogP contribution in [0.2, 0.25) is 0 Å². The number of Topliss-reactive ketones (excluding diaryl/α,β-unsaturated/α-hetero) is 1. The molecule has 9 nitrogen and oxygen atoms in total. The molecule has 0 amide bonds. The fourth-order valence-electron chi connectivity index (χ4n) is 4.29. The van der Waals surface area contributed by atoms with Crippen LogP contribution in [0.25, 0.3) is 6.08 Å². The molecule has 0 aliphatic heterocycles. The van der Waals surface area contributed by atoms with Crippen molar-refractivity contribution in [1.82, 2.24) is 9.97 Å². The summed E-state index contributed by atoms with van der Waals surface area (Å²) in [5.74, 6) is -0.773. The summed E-state index contributed by atoms with van der Waals surface area (Å²) in [7, 11) is 1.21. The van der Waals surface area contributed by atoms with E-state index in [1.807, 2.05) is 39.0 Å². The highest BCUT2D eigenvalue weighted by Crippen LogP contribution is 2.42. The lowest BCUT2D eigenvalue weighted by Crippen LogP contribution is -2.50. The molecule has 180 valence electrons. The molecule has 1 saturated carbocycles. The number of carbonyl (C=O) groups is 2. The number of ether oxygens (including phenoxy) is 2. The highest BCUT2D eigenvalue weighted by atomic mass is 16.5. The Labute approximate surface area is 204 Å². The van der Waals surface area contributed by atoms with E-state index in [0.717, 1.165) is 23.1 Å². The van der Waals surface area contributed by atoms with Gasteiger partial charge in [-0.2, -0.15) is 15.5 Å². The Balaban J connectivity index is 2.11. The van der Waals surface area contributed by atoms with Crippen LogP contribution in [0.15, 0.2) is 18.2 Å². The van der Waals surface area contributed by atoms with E-state index in [9.17, 15) is 14.9 Å². The van der Waals surface area contributed by atoms with Crippen molar-refractivity contribution in [2.75, 3.05) is 12.4 Å². The van der Waals surface area contributed by atoms with Gasteiger partial charge in [0, 0.05) is 11.6 Å². The Morgan fingerprint density at radius 2 is 1.89 bits per heavy atom. The second-order valence-electron chi connectivity index (χ2n) is 8.67. The van der Waals surface area contributed by atoms with Gasteiger partial charge in [-0.3, -0.25) is 4.79 Å². The van der Waals surface area contributed by atoms with Crippen LogP contribution in [0.4, 0.5) is 5.95 Å². The van der Waals surface area contributed by atoms with Crippen LogP contribution in [0.3, 0.4) is 0 Å². The van der Waals surface area contributed by atoms with Gasteiger partial charge in [0.2, 0.25) is 11.8 Å². The quantitative estimate of drug-likeness (QED) is 0.322. The normalized spacial score (nSPS) is 18.8. The second-order valence-corrected chi connectivity index (χ2v) is 8.67. The van der Waals surface area contributed by atoms with Gasteiger partial charge < -0.3 is 14.8 Å². The first-order valence-corrected chi connectivity index (χ1v) is 11.2. The van der Waals surface area contributed by atoms with Crippen LogP contribution >= 0.6 is 0 Å². The third-order valence-corrected chi connectivity index (χ3v) is 6.15. The van der Waals surface area contributed by atoms with Gasteiger partial charge in [-0.15, -0.1) is 0 Å². The molecule has 1 aliphatic carbocycles. The fourth-order valence-corrected chi connectivity index (χ4v) is 4.29. The summed E-state index contributed by atoms with van der Waals surface area (Å²) < 4.78 is 11.0. The summed E-state index contributed by atoms with van der Waals surface area (Å²) in [5.41, 5.74) is 1.67. The van der Waals surface area contributed by atoms with Crippen molar-refractivity contribution in [1.29, 1.82) is 10.5 Å². The molecule has 2 aromatic rings. The number of hydrogen-bond acceptors (Lipinski definition) is 9. The summed E-state index contributed by atoms with van der Waals surface area (Å²) in [6.45, 7) is 6.98. The van der Waals surface area contributed by atoms with E-state index in [2.05, 4.69) is 21.4 Å². The number of nitrogens with zero attached hydrogens (tertiary/aromatic N) is 4. The number of aryl methyl sites for hydroxylation is 2. The van der Waals surface area contributed by atoms with Gasteiger partial charge in [0.05, 0.1) is 25.2 Å². The van der Waals surface area contributed by atoms with Gasteiger partial charge in [0.25, 0.3) is 0 Å². The maximum atomic E-state index is 12.6. The van der Waals surface area contributed by atoms with Crippen molar-refractivity contribution in [3.05, 3.63) is 46.2 Å². The minimum Gasteiger partial charge on any atom is -0.464 e. The lowest BCUT2D eigenvalue weighted by atomic mass is 9.67. The highest BCUT2D eigenvalue weighted by molar-refractivity contribution is 6.06. The third-order valence-electron chi connectivity index (χ3n) is 6.15. The summed E-state index contributed by atoms with van der Waals surface area (Å²) in [5, 5.41) is 21.3. The monoisotopic (exact) mass is 473 g/mol. The lowest BCUT2D eigenvalue weighted by Gasteiger charge is -2.45. The SMILES string of the molecule is CCC1(Nc2nc(Oc3c(C)cc(/C=C/C#N)cc3C)c(C(C)=O)c(C(=O)OC)n2)CC(C#N)C1. The molecule has 1 aromatic heterocycles. The molecule has 0 saturated heterocycles. The van der Waals surface area contributed by atoms with E-state index in [0.29, 0.717) is 18.6 Å². The average molecular weight is 474 g/mol. The molecular weight excluding hydrogens is 446 g/mol. The van der Waals surface area contributed by atoms with Crippen LogP contribution in [-0.2, 0) is 4.74 Å². The predicted octanol–water partition coefficient (Wildman–Crippen LogP) is 4.91. The number of ketones is 1. The number of nitrogens with one attached hydrogen (secondary N) is 1. The van der Waals surface area contributed by atoms with Crippen LogP contribution in [0.1, 0.15) is 70.6 Å². The van der Waals surface area contributed by atoms with Gasteiger partial charge in [0.1, 0.15) is 11.3 Å². The number of carbonyl (C=O) groups excluding carboxylic acids is 2. The van der Waals surface area contributed by atoms with Crippen LogP contribution in [0.5, 0.6) is 11.6 Å². The van der Waals surface area contributed by atoms with Gasteiger partial charge in [-0.25, -0.2) is 9.78 Å². The van der Waals surface area contributed by atoms with Crippen molar-refractivity contribution in [2.24, 2.45) is 5.92 Å². The molecule has 0 unspecified atom stereocenters. The first kappa shape index (κ1) is 25.4. The van der Waals surface area contributed by atoms with Crippen molar-refractivity contribution >= 4 is 23.8 Å². The first-order valence-electron chi connectivity index (χ1n) is 11.2. The highest BCUT2D eigenvalue weighted by Gasteiger charge is 2.44. The van der Waals surface area contributed by atoms with E-state index < -0.39 is 11.8 Å². The average Bonchev–Trinajstić information content (AvgIpc) is 2.80. The minimum atomic E-state index is -0.787. The maximum Gasteiger partial charge on any atom is 0.357 e. The molecule has 1 fully saturated rings. The van der Waals surface area contributed by atoms with Crippen molar-refractivity contribution in [3.8, 4) is 23.8 Å². The number of benzene rings is 1. The first-order chi connectivity index (χ1) is 16.7. The molecule has 9 heteroatoms. The van der Waals surface area contributed by atoms with Crippen molar-refractivity contribution in [2.45, 2.75) is 52.5 Å². The Bertz CT molecular complexity index is 1260. The zero-order valence-electron chi connectivity index (χ0n) is 20.4. The zero-order chi connectivity index (χ0) is 25.8. The predicted molar refractivity (Wildman–Crippen MR) is 129 cm³/mol. The second kappa shape index (κ2) is 10.4. The number of esters is 1. The molecule has 1 aromatic carbocycles. The smallest absolute Gasteiger partial charge is 0.357 e. The standard InChI is InChI=1S/C26H27N5O4/c1-6-26(12-19(13-26)14-28)31-25-29-21(24(33)34-5)20(17(4)32)23(30-25)35-22-15(2)10-18(8-7-9-27)11-16(22)3/h7-8,10-11,19H,6,12-13H2,1-5H3,(H,29,30,31)/b8-7+. The van der Waals surface area contributed by atoms with E-state index in [1.165, 1.54) is 20.1 Å². The number of anilines is 1. The number of allylic oxidation sites excluding steroid dienone is 1. The Kier molecular flexibility index (Phi) is 7.51. The molecular formula is C26H27N5O4. The van der Waals surface area contributed by atoms with E-state index in [-0.39, 0.29) is 34.5 Å². The largest absolute Gasteiger partial charge is 0.464 e. The van der Waals surface area contributed by atoms with Crippen molar-refractivity contribution < 1.29 is 19.1 Å². The Morgan fingerprint density at radius 1 is 1.23 bits per heavy atom. The van der Waals surface area contributed by atoms with Gasteiger partial charge in [-0.05, 0) is 74.9 Å². The lowest BCUT2D eigenvalue weighted by molar-refractivity contribution is 0.0589. The van der Waals surface area contributed by atoms with Crippen molar-refractivity contribution in [3.63, 3.8) is 0 Å². The molecule has 0 atom stereocenters. The van der Waals surface area contributed by atoms with Crippen LogP contribution < -0.4 is 10.1 Å². The molecule has 35 heavy (non-hydrogen) atoms. The maximum absolute atomic E-state index is 12.6. The van der Waals surface area contributed by atoms with Gasteiger partial charge in [-0.1, -0.05) is 6.92 Å². The van der Waals surface area contributed by atoms with E-state index in [4.69, 9.17) is 14.7 Å². The minimum absolute atomic E-state index is 0.0614. The number of methoxy groups -OCH3 is 1. The van der Waals surface area contributed by atoms with Gasteiger partial charge >= 0.3 is 5.97 Å². The third kappa shape index (κ3) is 5.30. The van der Waals surface area contributed by atoms with E-state index >= 15 is 0 Å². The molecule has 0 spiro atoms. The number of hydrogen-bond donors (Lipinski definition) is 1. The topological polar surface area (TPSA) is 138 Å². The number of nitriles is 2. The zero-order valence-corrected chi connectivity index (χ0v) is 20.4. The summed E-state index contributed by atoms with van der Waals surface area (Å²) in [6.07, 6.45) is 5.04. The number of aromatic nitrogens is 2. The summed E-state index contributed by atoms with van der Waals surface area (Å²) in [4.78, 5) is 33.9. The summed E-state index contributed by atoms with van der Waals surface area (Å²) >= 11 is 0. The van der Waals surface area contributed by atoms with Crippen LogP contribution in [0, 0.1) is 42.4 Å². The van der Waals surface area contributed by atoms with Gasteiger partial charge in [0.15, 0.2) is 11.5 Å².